The summed E-state index contributed by atoms with van der Waals surface area (Å²) in [7, 11) is 0. The van der Waals surface area contributed by atoms with Crippen LogP contribution in [0, 0.1) is 0 Å². The first-order valence-electron chi connectivity index (χ1n) is 6.31. The molecule has 1 aromatic heterocycles. The number of unbranched alkanes of at least 4 members (excludes halogenated alkanes) is 3. The van der Waals surface area contributed by atoms with Crippen molar-refractivity contribution in [3.8, 4) is 0 Å². The molecule has 1 aromatic carbocycles. The SMILES string of the molecule is CCCCCCc1ccc2occc(=O)c2c1. The van der Waals surface area contributed by atoms with E-state index in [2.05, 4.69) is 13.0 Å². The molecule has 2 nitrogen and oxygen atoms in total. The molecule has 0 aliphatic carbocycles. The number of benzene rings is 1. The maximum absolute atomic E-state index is 11.6. The van der Waals surface area contributed by atoms with E-state index < -0.39 is 0 Å². The van der Waals surface area contributed by atoms with Crippen molar-refractivity contribution in [2.75, 3.05) is 0 Å². The topological polar surface area (TPSA) is 30.2 Å². The molecule has 2 aromatic rings. The molecule has 2 rings (SSSR count). The first kappa shape index (κ1) is 11.9. The molecule has 0 saturated heterocycles. The highest BCUT2D eigenvalue weighted by molar-refractivity contribution is 5.76. The molecule has 0 atom stereocenters. The van der Waals surface area contributed by atoms with Crippen molar-refractivity contribution in [2.24, 2.45) is 0 Å². The third-order valence-corrected chi connectivity index (χ3v) is 3.04. The minimum absolute atomic E-state index is 0.0432. The van der Waals surface area contributed by atoms with E-state index in [0.29, 0.717) is 11.0 Å². The van der Waals surface area contributed by atoms with Crippen molar-refractivity contribution >= 4 is 11.0 Å². The van der Waals surface area contributed by atoms with E-state index in [4.69, 9.17) is 4.42 Å². The summed E-state index contributed by atoms with van der Waals surface area (Å²) < 4.78 is 5.29. The van der Waals surface area contributed by atoms with Crippen molar-refractivity contribution in [3.05, 3.63) is 46.3 Å². The lowest BCUT2D eigenvalue weighted by Crippen LogP contribution is -1.98. The minimum Gasteiger partial charge on any atom is -0.464 e. The van der Waals surface area contributed by atoms with E-state index in [9.17, 15) is 4.79 Å². The highest BCUT2D eigenvalue weighted by Crippen LogP contribution is 2.14. The largest absolute Gasteiger partial charge is 0.464 e. The van der Waals surface area contributed by atoms with Crippen LogP contribution in [0.2, 0.25) is 0 Å². The van der Waals surface area contributed by atoms with Gasteiger partial charge in [0.1, 0.15) is 5.58 Å². The quantitative estimate of drug-likeness (QED) is 0.729. The van der Waals surface area contributed by atoms with Gasteiger partial charge in [0.05, 0.1) is 11.6 Å². The molecule has 0 amide bonds. The summed E-state index contributed by atoms with van der Waals surface area (Å²) in [6, 6.07) is 7.39. The second-order valence-electron chi connectivity index (χ2n) is 4.43. The third kappa shape index (κ3) is 2.96. The summed E-state index contributed by atoms with van der Waals surface area (Å²) in [6.07, 6.45) is 7.49. The molecule has 0 fully saturated rings. The Kier molecular flexibility index (Phi) is 3.97. The van der Waals surface area contributed by atoms with Gasteiger partial charge in [-0.2, -0.15) is 0 Å². The van der Waals surface area contributed by atoms with Gasteiger partial charge in [-0.15, -0.1) is 0 Å². The van der Waals surface area contributed by atoms with Gasteiger partial charge in [-0.05, 0) is 30.5 Å². The molecular weight excluding hydrogens is 212 g/mol. The normalized spacial score (nSPS) is 10.9. The molecule has 0 radical (unpaired) electrons. The van der Waals surface area contributed by atoms with Crippen LogP contribution in [0.25, 0.3) is 11.0 Å². The van der Waals surface area contributed by atoms with Gasteiger partial charge in [-0.1, -0.05) is 32.3 Å². The van der Waals surface area contributed by atoms with Gasteiger partial charge in [0.2, 0.25) is 0 Å². The molecule has 90 valence electrons. The fraction of sp³-hybridized carbons (Fsp3) is 0.400. The standard InChI is InChI=1S/C15H18O2/c1-2-3-4-5-6-12-7-8-15-13(11-12)14(16)9-10-17-15/h7-11H,2-6H2,1H3. The van der Waals surface area contributed by atoms with Crippen molar-refractivity contribution in [2.45, 2.75) is 39.0 Å². The molecule has 0 aliphatic rings. The number of aryl methyl sites for hydroxylation is 1. The average molecular weight is 230 g/mol. The van der Waals surface area contributed by atoms with Gasteiger partial charge in [-0.25, -0.2) is 0 Å². The van der Waals surface area contributed by atoms with Crippen LogP contribution in [0.5, 0.6) is 0 Å². The van der Waals surface area contributed by atoms with Crippen LogP contribution >= 0.6 is 0 Å². The molecule has 0 spiro atoms. The van der Waals surface area contributed by atoms with E-state index in [0.717, 1.165) is 6.42 Å². The Bertz CT molecular complexity index is 540. The van der Waals surface area contributed by atoms with E-state index in [1.165, 1.54) is 43.6 Å². The lowest BCUT2D eigenvalue weighted by atomic mass is 10.0. The smallest absolute Gasteiger partial charge is 0.192 e. The third-order valence-electron chi connectivity index (χ3n) is 3.04. The lowest BCUT2D eigenvalue weighted by molar-refractivity contribution is 0.602. The Hall–Kier alpha value is -1.57. The molecule has 17 heavy (non-hydrogen) atoms. The fourth-order valence-electron chi connectivity index (χ4n) is 2.04. The molecule has 0 saturated carbocycles. The summed E-state index contributed by atoms with van der Waals surface area (Å²) >= 11 is 0. The van der Waals surface area contributed by atoms with Crippen LogP contribution in [-0.4, -0.2) is 0 Å². The summed E-state index contributed by atoms with van der Waals surface area (Å²) in [5.74, 6) is 0. The minimum atomic E-state index is 0.0432. The predicted molar refractivity (Wildman–Crippen MR) is 70.3 cm³/mol. The second kappa shape index (κ2) is 5.67. The van der Waals surface area contributed by atoms with E-state index in [1.807, 2.05) is 12.1 Å². The first-order valence-corrected chi connectivity index (χ1v) is 6.31. The maximum Gasteiger partial charge on any atom is 0.192 e. The highest BCUT2D eigenvalue weighted by Gasteiger charge is 2.01. The van der Waals surface area contributed by atoms with Gasteiger partial charge in [0.15, 0.2) is 5.43 Å². The summed E-state index contributed by atoms with van der Waals surface area (Å²) in [5.41, 5.74) is 1.95. The van der Waals surface area contributed by atoms with E-state index in [1.54, 1.807) is 0 Å². The molecule has 0 N–H and O–H groups in total. The van der Waals surface area contributed by atoms with Crippen LogP contribution in [-0.2, 0) is 6.42 Å². The lowest BCUT2D eigenvalue weighted by Gasteiger charge is -2.02. The zero-order chi connectivity index (χ0) is 12.1. The number of fused-ring (bicyclic) bond motifs is 1. The van der Waals surface area contributed by atoms with E-state index in [-0.39, 0.29) is 5.43 Å². The molecule has 0 unspecified atom stereocenters. The summed E-state index contributed by atoms with van der Waals surface area (Å²) in [5, 5.41) is 0.695. The number of hydrogen-bond donors (Lipinski definition) is 0. The zero-order valence-corrected chi connectivity index (χ0v) is 10.2. The Morgan fingerprint density at radius 2 is 2.00 bits per heavy atom. The van der Waals surface area contributed by atoms with Gasteiger partial charge in [-0.3, -0.25) is 4.79 Å². The molecule has 0 aliphatic heterocycles. The van der Waals surface area contributed by atoms with Crippen LogP contribution in [0.3, 0.4) is 0 Å². The van der Waals surface area contributed by atoms with Gasteiger partial charge in [0, 0.05) is 6.07 Å². The maximum atomic E-state index is 11.6. The Morgan fingerprint density at radius 1 is 1.12 bits per heavy atom. The van der Waals surface area contributed by atoms with Crippen molar-refractivity contribution in [1.82, 2.24) is 0 Å². The number of hydrogen-bond acceptors (Lipinski definition) is 2. The van der Waals surface area contributed by atoms with Gasteiger partial charge in [0.25, 0.3) is 0 Å². The van der Waals surface area contributed by atoms with Gasteiger partial charge < -0.3 is 4.42 Å². The molecule has 2 heteroatoms. The molecular formula is C15H18O2. The van der Waals surface area contributed by atoms with Crippen molar-refractivity contribution in [3.63, 3.8) is 0 Å². The highest BCUT2D eigenvalue weighted by atomic mass is 16.3. The fourth-order valence-corrected chi connectivity index (χ4v) is 2.04. The van der Waals surface area contributed by atoms with Crippen molar-refractivity contribution in [1.29, 1.82) is 0 Å². The summed E-state index contributed by atoms with van der Waals surface area (Å²) in [6.45, 7) is 2.21. The summed E-state index contributed by atoms with van der Waals surface area (Å²) in [4.78, 5) is 11.6. The van der Waals surface area contributed by atoms with Gasteiger partial charge >= 0.3 is 0 Å². The van der Waals surface area contributed by atoms with Crippen LogP contribution in [0.1, 0.15) is 38.2 Å². The Labute approximate surface area is 101 Å². The molecule has 0 bridgehead atoms. The second-order valence-corrected chi connectivity index (χ2v) is 4.43. The predicted octanol–water partition coefficient (Wildman–Crippen LogP) is 3.92. The Balaban J connectivity index is 2.14. The average Bonchev–Trinajstić information content (AvgIpc) is 2.36. The monoisotopic (exact) mass is 230 g/mol. The molecule has 1 heterocycles. The van der Waals surface area contributed by atoms with Crippen LogP contribution < -0.4 is 5.43 Å². The Morgan fingerprint density at radius 3 is 2.82 bits per heavy atom. The van der Waals surface area contributed by atoms with Crippen LogP contribution in [0.15, 0.2) is 39.7 Å². The van der Waals surface area contributed by atoms with E-state index >= 15 is 0 Å². The van der Waals surface area contributed by atoms with Crippen molar-refractivity contribution < 1.29 is 4.42 Å². The number of rotatable bonds is 5. The zero-order valence-electron chi connectivity index (χ0n) is 10.2. The first-order chi connectivity index (χ1) is 8.31. The van der Waals surface area contributed by atoms with Crippen LogP contribution in [0.4, 0.5) is 0 Å².